The van der Waals surface area contributed by atoms with E-state index in [4.69, 9.17) is 0 Å². The summed E-state index contributed by atoms with van der Waals surface area (Å²) in [5.74, 6) is 1.01. The summed E-state index contributed by atoms with van der Waals surface area (Å²) in [4.78, 5) is 16.5. The number of nitrogens with one attached hydrogen (secondary N) is 1. The highest BCUT2D eigenvalue weighted by molar-refractivity contribution is 7.99. The lowest BCUT2D eigenvalue weighted by atomic mass is 10.2. The number of amides is 1. The van der Waals surface area contributed by atoms with Crippen molar-refractivity contribution in [3.05, 3.63) is 60.3 Å². The maximum Gasteiger partial charge on any atom is 0.230 e. The Morgan fingerprint density at radius 1 is 1.15 bits per heavy atom. The molecule has 1 amide bonds. The van der Waals surface area contributed by atoms with Crippen molar-refractivity contribution in [1.29, 1.82) is 0 Å². The Hall–Kier alpha value is -2.67. The highest BCUT2D eigenvalue weighted by atomic mass is 32.2. The van der Waals surface area contributed by atoms with E-state index in [9.17, 15) is 4.79 Å². The fourth-order valence-corrected chi connectivity index (χ4v) is 3.29. The zero-order valence-electron chi connectivity index (χ0n) is 15.5. The van der Waals surface area contributed by atoms with Crippen molar-refractivity contribution in [2.75, 3.05) is 5.75 Å². The van der Waals surface area contributed by atoms with Crippen molar-refractivity contribution < 1.29 is 4.79 Å². The van der Waals surface area contributed by atoms with E-state index in [1.807, 2.05) is 54.8 Å². The van der Waals surface area contributed by atoms with Crippen LogP contribution in [0, 0.1) is 0 Å². The predicted octanol–water partition coefficient (Wildman–Crippen LogP) is 3.40. The first-order valence-electron chi connectivity index (χ1n) is 8.98. The van der Waals surface area contributed by atoms with Crippen LogP contribution in [-0.2, 0) is 11.3 Å². The van der Waals surface area contributed by atoms with Crippen LogP contribution in [0.5, 0.6) is 0 Å². The second kappa shape index (κ2) is 9.32. The molecule has 0 fully saturated rings. The minimum Gasteiger partial charge on any atom is -0.353 e. The molecule has 0 aliphatic heterocycles. The van der Waals surface area contributed by atoms with Gasteiger partial charge >= 0.3 is 0 Å². The fourth-order valence-electron chi connectivity index (χ4n) is 2.54. The quantitative estimate of drug-likeness (QED) is 0.606. The van der Waals surface area contributed by atoms with E-state index < -0.39 is 0 Å². The third-order valence-electron chi connectivity index (χ3n) is 4.15. The molecule has 27 heavy (non-hydrogen) atoms. The Bertz CT molecular complexity index is 867. The van der Waals surface area contributed by atoms with E-state index in [0.717, 1.165) is 17.7 Å². The molecule has 0 bridgehead atoms. The molecule has 1 aromatic carbocycles. The topological polar surface area (TPSA) is 72.7 Å². The molecule has 0 saturated carbocycles. The predicted molar refractivity (Wildman–Crippen MR) is 107 cm³/mol. The van der Waals surface area contributed by atoms with E-state index in [-0.39, 0.29) is 11.9 Å². The van der Waals surface area contributed by atoms with Gasteiger partial charge in [0.25, 0.3) is 0 Å². The van der Waals surface area contributed by atoms with Gasteiger partial charge in [0, 0.05) is 12.2 Å². The molecule has 0 aliphatic carbocycles. The zero-order chi connectivity index (χ0) is 19.1. The monoisotopic (exact) mass is 381 g/mol. The number of thioether (sulfide) groups is 1. The van der Waals surface area contributed by atoms with Crippen LogP contribution in [0.4, 0.5) is 0 Å². The Kier molecular flexibility index (Phi) is 6.59. The van der Waals surface area contributed by atoms with Crippen LogP contribution in [-0.4, -0.2) is 37.5 Å². The van der Waals surface area contributed by atoms with Gasteiger partial charge in [0.2, 0.25) is 5.91 Å². The summed E-state index contributed by atoms with van der Waals surface area (Å²) in [5.41, 5.74) is 1.90. The molecule has 0 radical (unpaired) electrons. The standard InChI is InChI=1S/C20H23N5OS/c1-3-15(2)22-18(26)14-27-20-24-23-19(17-11-7-8-12-21-17)25(20)13-16-9-5-4-6-10-16/h4-12,15H,3,13-14H2,1-2H3,(H,22,26). The number of rotatable bonds is 8. The molecule has 6 nitrogen and oxygen atoms in total. The molecule has 1 N–H and O–H groups in total. The summed E-state index contributed by atoms with van der Waals surface area (Å²) in [6.07, 6.45) is 2.65. The SMILES string of the molecule is CCC(C)NC(=O)CSc1nnc(-c2ccccn2)n1Cc1ccccc1. The number of aromatic nitrogens is 4. The Balaban J connectivity index is 1.83. The number of hydrogen-bond acceptors (Lipinski definition) is 5. The maximum absolute atomic E-state index is 12.1. The number of carbonyl (C=O) groups is 1. The molecule has 7 heteroatoms. The van der Waals surface area contributed by atoms with Gasteiger partial charge in [-0.15, -0.1) is 10.2 Å². The second-order valence-corrected chi connectivity index (χ2v) is 7.20. The van der Waals surface area contributed by atoms with Gasteiger partial charge in [-0.05, 0) is 31.0 Å². The molecular weight excluding hydrogens is 358 g/mol. The number of benzene rings is 1. The number of pyridine rings is 1. The molecule has 2 heterocycles. The van der Waals surface area contributed by atoms with Gasteiger partial charge in [-0.25, -0.2) is 0 Å². The first-order chi connectivity index (χ1) is 13.2. The molecular formula is C20H23N5OS. The van der Waals surface area contributed by atoms with Crippen molar-refractivity contribution in [1.82, 2.24) is 25.1 Å². The molecule has 1 unspecified atom stereocenters. The van der Waals surface area contributed by atoms with Gasteiger partial charge in [-0.3, -0.25) is 14.3 Å². The Labute approximate surface area is 163 Å². The van der Waals surface area contributed by atoms with Crippen LogP contribution in [0.3, 0.4) is 0 Å². The first kappa shape index (κ1) is 19.1. The molecule has 2 aromatic heterocycles. The molecule has 0 spiro atoms. The summed E-state index contributed by atoms with van der Waals surface area (Å²) in [5, 5.41) is 12.3. The van der Waals surface area contributed by atoms with E-state index in [0.29, 0.717) is 23.3 Å². The first-order valence-corrected chi connectivity index (χ1v) is 9.96. The van der Waals surface area contributed by atoms with E-state index in [2.05, 4.69) is 32.6 Å². The van der Waals surface area contributed by atoms with Crippen molar-refractivity contribution in [2.24, 2.45) is 0 Å². The minimum atomic E-state index is 0.00278. The van der Waals surface area contributed by atoms with Gasteiger partial charge in [0.05, 0.1) is 12.3 Å². The third kappa shape index (κ3) is 5.17. The number of nitrogens with zero attached hydrogens (tertiary/aromatic N) is 4. The van der Waals surface area contributed by atoms with Gasteiger partial charge in [0.1, 0.15) is 5.69 Å². The Morgan fingerprint density at radius 2 is 1.93 bits per heavy atom. The average molecular weight is 382 g/mol. The van der Waals surface area contributed by atoms with E-state index in [1.165, 1.54) is 11.8 Å². The highest BCUT2D eigenvalue weighted by Gasteiger charge is 2.17. The maximum atomic E-state index is 12.1. The summed E-state index contributed by atoms with van der Waals surface area (Å²) >= 11 is 1.39. The minimum absolute atomic E-state index is 0.00278. The molecule has 0 aliphatic rings. The zero-order valence-corrected chi connectivity index (χ0v) is 16.3. The molecule has 3 aromatic rings. The average Bonchev–Trinajstić information content (AvgIpc) is 3.10. The lowest BCUT2D eigenvalue weighted by molar-refractivity contribution is -0.119. The summed E-state index contributed by atoms with van der Waals surface area (Å²) in [6.45, 7) is 4.67. The molecule has 0 saturated heterocycles. The van der Waals surface area contributed by atoms with E-state index in [1.54, 1.807) is 6.20 Å². The fraction of sp³-hybridized carbons (Fsp3) is 0.300. The summed E-state index contributed by atoms with van der Waals surface area (Å²) in [7, 11) is 0. The van der Waals surface area contributed by atoms with Crippen molar-refractivity contribution in [2.45, 2.75) is 38.0 Å². The van der Waals surface area contributed by atoms with Crippen molar-refractivity contribution >= 4 is 17.7 Å². The van der Waals surface area contributed by atoms with Gasteiger partial charge in [0.15, 0.2) is 11.0 Å². The molecule has 3 rings (SSSR count). The second-order valence-electron chi connectivity index (χ2n) is 6.26. The van der Waals surface area contributed by atoms with Gasteiger partial charge in [-0.2, -0.15) is 0 Å². The molecule has 140 valence electrons. The lowest BCUT2D eigenvalue weighted by Gasteiger charge is -2.12. The van der Waals surface area contributed by atoms with Crippen LogP contribution in [0.15, 0.2) is 59.9 Å². The third-order valence-corrected chi connectivity index (χ3v) is 5.11. The van der Waals surface area contributed by atoms with Crippen molar-refractivity contribution in [3.63, 3.8) is 0 Å². The highest BCUT2D eigenvalue weighted by Crippen LogP contribution is 2.24. The van der Waals surface area contributed by atoms with Crippen LogP contribution in [0.25, 0.3) is 11.5 Å². The summed E-state index contributed by atoms with van der Waals surface area (Å²) in [6, 6.07) is 16.0. The van der Waals surface area contributed by atoms with Gasteiger partial charge < -0.3 is 5.32 Å². The Morgan fingerprint density at radius 3 is 2.63 bits per heavy atom. The lowest BCUT2D eigenvalue weighted by Crippen LogP contribution is -2.33. The van der Waals surface area contributed by atoms with Crippen LogP contribution in [0.2, 0.25) is 0 Å². The van der Waals surface area contributed by atoms with Crippen LogP contribution in [0.1, 0.15) is 25.8 Å². The van der Waals surface area contributed by atoms with E-state index >= 15 is 0 Å². The van der Waals surface area contributed by atoms with Crippen molar-refractivity contribution in [3.8, 4) is 11.5 Å². The largest absolute Gasteiger partial charge is 0.353 e. The van der Waals surface area contributed by atoms with Gasteiger partial charge in [-0.1, -0.05) is 55.1 Å². The molecule has 1 atom stereocenters. The number of carbonyl (C=O) groups excluding carboxylic acids is 1. The normalized spacial score (nSPS) is 11.9. The van der Waals surface area contributed by atoms with Crippen LogP contribution < -0.4 is 5.32 Å². The van der Waals surface area contributed by atoms with Crippen LogP contribution >= 0.6 is 11.8 Å². The number of hydrogen-bond donors (Lipinski definition) is 1. The smallest absolute Gasteiger partial charge is 0.230 e. The summed E-state index contributed by atoms with van der Waals surface area (Å²) < 4.78 is 2.01.